The molecule has 2 aromatic carbocycles. The van der Waals surface area contributed by atoms with E-state index in [9.17, 15) is 27.2 Å². The molecule has 4 nitrogen and oxygen atoms in total. The Labute approximate surface area is 181 Å². The summed E-state index contributed by atoms with van der Waals surface area (Å²) < 4.78 is 52.1. The van der Waals surface area contributed by atoms with Crippen molar-refractivity contribution in [1.82, 2.24) is 9.80 Å². The summed E-state index contributed by atoms with van der Waals surface area (Å²) >= 11 is 5.86. The number of amides is 2. The Kier molecular flexibility index (Phi) is 5.68. The highest BCUT2D eigenvalue weighted by Crippen LogP contribution is 2.49. The van der Waals surface area contributed by atoms with Gasteiger partial charge in [0, 0.05) is 37.1 Å². The van der Waals surface area contributed by atoms with Gasteiger partial charge < -0.3 is 9.80 Å². The fraction of sp³-hybridized carbons (Fsp3) is 0.364. The van der Waals surface area contributed by atoms with Crippen molar-refractivity contribution in [3.63, 3.8) is 0 Å². The molecular formula is C22H19ClF4N2O2. The number of piperazine rings is 1. The molecule has 1 unspecified atom stereocenters. The Morgan fingerprint density at radius 2 is 1.55 bits per heavy atom. The van der Waals surface area contributed by atoms with E-state index in [4.69, 9.17) is 11.6 Å². The number of nitrogens with zero attached hydrogens (tertiary/aromatic N) is 2. The third kappa shape index (κ3) is 4.54. The molecule has 164 valence electrons. The number of alkyl halides is 3. The summed E-state index contributed by atoms with van der Waals surface area (Å²) in [4.78, 5) is 28.5. The van der Waals surface area contributed by atoms with Crippen molar-refractivity contribution >= 4 is 23.4 Å². The molecule has 2 fully saturated rings. The minimum atomic E-state index is -4.39. The van der Waals surface area contributed by atoms with Crippen LogP contribution in [-0.4, -0.2) is 47.8 Å². The van der Waals surface area contributed by atoms with Crippen LogP contribution in [-0.2, 0) is 11.0 Å². The minimum absolute atomic E-state index is 0.0640. The van der Waals surface area contributed by atoms with E-state index in [0.717, 1.165) is 23.8 Å². The average molecular weight is 455 g/mol. The van der Waals surface area contributed by atoms with Gasteiger partial charge in [-0.3, -0.25) is 9.59 Å². The predicted octanol–water partition coefficient (Wildman–Crippen LogP) is 4.59. The van der Waals surface area contributed by atoms with E-state index >= 15 is 0 Å². The van der Waals surface area contributed by atoms with E-state index in [-0.39, 0.29) is 41.4 Å². The quantitative estimate of drug-likeness (QED) is 0.637. The molecule has 31 heavy (non-hydrogen) atoms. The molecule has 0 bridgehead atoms. The van der Waals surface area contributed by atoms with Gasteiger partial charge in [0.15, 0.2) is 0 Å². The monoisotopic (exact) mass is 454 g/mol. The van der Waals surface area contributed by atoms with Gasteiger partial charge in [0.2, 0.25) is 5.91 Å². The third-order valence-electron chi connectivity index (χ3n) is 5.81. The summed E-state index contributed by atoms with van der Waals surface area (Å²) in [5, 5.41) is 0.265. The largest absolute Gasteiger partial charge is 0.416 e. The molecule has 2 aromatic rings. The Bertz CT molecular complexity index is 1000. The molecule has 9 heteroatoms. The number of carbonyl (C=O) groups excluding carboxylic acids is 2. The molecule has 1 saturated heterocycles. The van der Waals surface area contributed by atoms with Crippen molar-refractivity contribution in [2.45, 2.75) is 18.5 Å². The first kappa shape index (κ1) is 21.6. The van der Waals surface area contributed by atoms with Gasteiger partial charge in [-0.15, -0.1) is 0 Å². The molecule has 2 aliphatic rings. The van der Waals surface area contributed by atoms with Gasteiger partial charge in [-0.25, -0.2) is 4.39 Å². The summed E-state index contributed by atoms with van der Waals surface area (Å²) in [6.45, 7) is 1.19. The lowest BCUT2D eigenvalue weighted by molar-refractivity contribution is -0.137. The Morgan fingerprint density at radius 1 is 0.935 bits per heavy atom. The molecule has 1 aliphatic carbocycles. The topological polar surface area (TPSA) is 40.6 Å². The number of benzene rings is 2. The Morgan fingerprint density at radius 3 is 2.16 bits per heavy atom. The van der Waals surface area contributed by atoms with Gasteiger partial charge in [0.1, 0.15) is 5.82 Å². The summed E-state index contributed by atoms with van der Waals surface area (Å²) in [7, 11) is 0. The van der Waals surface area contributed by atoms with Gasteiger partial charge in [-0.2, -0.15) is 13.2 Å². The van der Waals surface area contributed by atoms with Gasteiger partial charge in [-0.1, -0.05) is 23.7 Å². The van der Waals surface area contributed by atoms with Crippen molar-refractivity contribution in [2.24, 2.45) is 5.92 Å². The summed E-state index contributed by atoms with van der Waals surface area (Å²) in [5.74, 6) is -1.53. The van der Waals surface area contributed by atoms with Crippen molar-refractivity contribution in [1.29, 1.82) is 0 Å². The third-order valence-corrected chi connectivity index (χ3v) is 6.05. The van der Waals surface area contributed by atoms with E-state index < -0.39 is 23.5 Å². The van der Waals surface area contributed by atoms with Crippen LogP contribution >= 0.6 is 11.6 Å². The molecule has 1 aliphatic heterocycles. The normalized spacial score (nSPS) is 21.2. The fourth-order valence-corrected chi connectivity index (χ4v) is 4.12. The lowest BCUT2D eigenvalue weighted by Gasteiger charge is -2.35. The molecule has 4 rings (SSSR count). The Hall–Kier alpha value is -2.61. The van der Waals surface area contributed by atoms with Crippen LogP contribution in [0.5, 0.6) is 0 Å². The van der Waals surface area contributed by atoms with Crippen molar-refractivity contribution in [2.75, 3.05) is 26.2 Å². The van der Waals surface area contributed by atoms with E-state index in [1.54, 1.807) is 4.90 Å². The van der Waals surface area contributed by atoms with Crippen molar-refractivity contribution in [3.05, 3.63) is 70.0 Å². The van der Waals surface area contributed by atoms with Crippen LogP contribution in [0.15, 0.2) is 42.5 Å². The predicted molar refractivity (Wildman–Crippen MR) is 106 cm³/mol. The average Bonchev–Trinajstić information content (AvgIpc) is 3.55. The van der Waals surface area contributed by atoms with E-state index in [2.05, 4.69) is 0 Å². The van der Waals surface area contributed by atoms with E-state index in [1.165, 1.54) is 29.2 Å². The molecule has 0 spiro atoms. The van der Waals surface area contributed by atoms with Crippen LogP contribution in [0.4, 0.5) is 17.6 Å². The van der Waals surface area contributed by atoms with Crippen LogP contribution in [0.2, 0.25) is 5.02 Å². The summed E-state index contributed by atoms with van der Waals surface area (Å²) in [6, 6.07) is 8.73. The summed E-state index contributed by atoms with van der Waals surface area (Å²) in [5.41, 5.74) is -0.0925. The second kappa shape index (κ2) is 8.15. The SMILES string of the molecule is O=C(c1cc(Cl)ccc1F)N1CCN(C(=O)[C@H]2CC2c2ccc(C(F)(F)F)cc2)CC1. The van der Waals surface area contributed by atoms with Gasteiger partial charge in [0.05, 0.1) is 11.1 Å². The molecule has 2 amide bonds. The molecule has 0 N–H and O–H groups in total. The molecule has 1 saturated carbocycles. The molecule has 0 radical (unpaired) electrons. The number of hydrogen-bond acceptors (Lipinski definition) is 2. The minimum Gasteiger partial charge on any atom is -0.339 e. The maximum Gasteiger partial charge on any atom is 0.416 e. The zero-order valence-electron chi connectivity index (χ0n) is 16.3. The van der Waals surface area contributed by atoms with E-state index in [0.29, 0.717) is 19.5 Å². The van der Waals surface area contributed by atoms with Crippen molar-refractivity contribution < 1.29 is 27.2 Å². The highest BCUT2D eigenvalue weighted by atomic mass is 35.5. The second-order valence-corrected chi connectivity index (χ2v) is 8.25. The van der Waals surface area contributed by atoms with Crippen LogP contribution in [0.25, 0.3) is 0 Å². The smallest absolute Gasteiger partial charge is 0.339 e. The van der Waals surface area contributed by atoms with Crippen LogP contribution in [0.1, 0.15) is 33.8 Å². The lowest BCUT2D eigenvalue weighted by Crippen LogP contribution is -2.51. The first-order valence-corrected chi connectivity index (χ1v) is 10.2. The molecular weight excluding hydrogens is 436 g/mol. The van der Waals surface area contributed by atoms with Gasteiger partial charge in [-0.05, 0) is 48.2 Å². The number of rotatable bonds is 3. The lowest BCUT2D eigenvalue weighted by atomic mass is 10.1. The zero-order chi connectivity index (χ0) is 22.3. The first-order chi connectivity index (χ1) is 14.6. The van der Waals surface area contributed by atoms with Gasteiger partial charge >= 0.3 is 6.18 Å². The number of hydrogen-bond donors (Lipinski definition) is 0. The highest BCUT2D eigenvalue weighted by Gasteiger charge is 2.46. The molecule has 2 atom stereocenters. The fourth-order valence-electron chi connectivity index (χ4n) is 3.95. The number of halogens is 5. The maximum absolute atomic E-state index is 14.0. The molecule has 1 heterocycles. The van der Waals surface area contributed by atoms with Crippen LogP contribution in [0.3, 0.4) is 0 Å². The molecule has 0 aromatic heterocycles. The van der Waals surface area contributed by atoms with Gasteiger partial charge in [0.25, 0.3) is 5.91 Å². The highest BCUT2D eigenvalue weighted by molar-refractivity contribution is 6.31. The standard InChI is InChI=1S/C22H19ClF4N2O2/c23-15-5-6-19(24)18(11-15)21(31)29-9-7-28(8-10-29)20(30)17-12-16(17)13-1-3-14(4-2-13)22(25,26)27/h1-6,11,16-17H,7-10,12H2/t16?,17-/m0/s1. The first-order valence-electron chi connectivity index (χ1n) is 9.85. The zero-order valence-corrected chi connectivity index (χ0v) is 17.1. The number of carbonyl (C=O) groups is 2. The van der Waals surface area contributed by atoms with Crippen LogP contribution < -0.4 is 0 Å². The summed E-state index contributed by atoms with van der Waals surface area (Å²) in [6.07, 6.45) is -3.79. The van der Waals surface area contributed by atoms with Crippen LogP contribution in [0, 0.1) is 11.7 Å². The Balaban J connectivity index is 1.33. The van der Waals surface area contributed by atoms with E-state index in [1.807, 2.05) is 0 Å². The second-order valence-electron chi connectivity index (χ2n) is 7.81. The maximum atomic E-state index is 14.0. The van der Waals surface area contributed by atoms with Crippen molar-refractivity contribution in [3.8, 4) is 0 Å².